The summed E-state index contributed by atoms with van der Waals surface area (Å²) in [6.45, 7) is 9.98. The zero-order valence-electron chi connectivity index (χ0n) is 11.0. The average molecular weight is 236 g/mol. The van der Waals surface area contributed by atoms with Crippen LogP contribution in [0.5, 0.6) is 0 Å². The lowest BCUT2D eigenvalue weighted by molar-refractivity contribution is 0.192. The van der Waals surface area contributed by atoms with Gasteiger partial charge in [0.1, 0.15) is 5.82 Å². The van der Waals surface area contributed by atoms with E-state index in [4.69, 9.17) is 0 Å². The van der Waals surface area contributed by atoms with Crippen molar-refractivity contribution in [3.8, 4) is 0 Å². The zero-order chi connectivity index (χ0) is 12.1. The van der Waals surface area contributed by atoms with Crippen LogP contribution in [0.1, 0.15) is 32.5 Å². The number of hydrogen-bond donors (Lipinski definition) is 1. The smallest absolute Gasteiger partial charge is 0.122 e. The Morgan fingerprint density at radius 2 is 2.29 bits per heavy atom. The maximum Gasteiger partial charge on any atom is 0.122 e. The van der Waals surface area contributed by atoms with E-state index < -0.39 is 0 Å². The van der Waals surface area contributed by atoms with Gasteiger partial charge in [-0.2, -0.15) is 0 Å². The molecule has 1 unspecified atom stereocenters. The van der Waals surface area contributed by atoms with E-state index in [9.17, 15) is 0 Å². The molecule has 1 atom stereocenters. The van der Waals surface area contributed by atoms with Crippen LogP contribution < -0.4 is 5.32 Å². The first-order valence-electron chi connectivity index (χ1n) is 6.79. The highest BCUT2D eigenvalue weighted by Crippen LogP contribution is 2.11. The van der Waals surface area contributed by atoms with Gasteiger partial charge in [0.25, 0.3) is 0 Å². The Hall–Kier alpha value is -0.870. The number of fused-ring (bicyclic) bond motifs is 1. The molecule has 0 spiro atoms. The van der Waals surface area contributed by atoms with Crippen LogP contribution in [-0.4, -0.2) is 40.1 Å². The molecule has 0 fully saturated rings. The summed E-state index contributed by atoms with van der Waals surface area (Å²) in [5, 5.41) is 3.62. The summed E-state index contributed by atoms with van der Waals surface area (Å²) in [5.41, 5.74) is 0. The van der Waals surface area contributed by atoms with Gasteiger partial charge in [-0.1, -0.05) is 13.8 Å². The maximum atomic E-state index is 4.40. The molecule has 0 bridgehead atoms. The molecule has 4 heteroatoms. The Morgan fingerprint density at radius 3 is 3.06 bits per heavy atom. The summed E-state index contributed by atoms with van der Waals surface area (Å²) in [7, 11) is 0. The molecule has 0 saturated carbocycles. The van der Waals surface area contributed by atoms with Crippen molar-refractivity contribution < 1.29 is 0 Å². The summed E-state index contributed by atoms with van der Waals surface area (Å²) < 4.78 is 2.26. The Bertz CT molecular complexity index is 334. The molecule has 1 aliphatic heterocycles. The van der Waals surface area contributed by atoms with E-state index in [0.29, 0.717) is 6.04 Å². The molecule has 0 saturated heterocycles. The summed E-state index contributed by atoms with van der Waals surface area (Å²) >= 11 is 0. The standard InChI is InChI=1S/C13H24N4/c1-3-5-14-12(4-2)10-16-8-9-17-7-6-15-13(17)11-16/h6-7,12,14H,3-5,8-11H2,1-2H3. The molecule has 1 aromatic rings. The third-order valence-corrected chi connectivity index (χ3v) is 3.48. The predicted octanol–water partition coefficient (Wildman–Crippen LogP) is 1.48. The average Bonchev–Trinajstić information content (AvgIpc) is 2.81. The molecule has 1 aromatic heterocycles. The van der Waals surface area contributed by atoms with Gasteiger partial charge in [-0.25, -0.2) is 4.98 Å². The number of nitrogens with one attached hydrogen (secondary N) is 1. The van der Waals surface area contributed by atoms with Gasteiger partial charge < -0.3 is 9.88 Å². The van der Waals surface area contributed by atoms with Crippen molar-refractivity contribution in [2.75, 3.05) is 19.6 Å². The van der Waals surface area contributed by atoms with Crippen LogP contribution in [0.15, 0.2) is 12.4 Å². The molecule has 1 N–H and O–H groups in total. The summed E-state index contributed by atoms with van der Waals surface area (Å²) in [5.74, 6) is 1.21. The quantitative estimate of drug-likeness (QED) is 0.812. The fraction of sp³-hybridized carbons (Fsp3) is 0.769. The first-order chi connectivity index (χ1) is 8.33. The summed E-state index contributed by atoms with van der Waals surface area (Å²) in [6.07, 6.45) is 6.40. The van der Waals surface area contributed by atoms with Crippen molar-refractivity contribution in [3.05, 3.63) is 18.2 Å². The van der Waals surface area contributed by atoms with Gasteiger partial charge in [0.05, 0.1) is 6.54 Å². The number of imidazole rings is 1. The van der Waals surface area contributed by atoms with E-state index in [1.165, 1.54) is 18.7 Å². The van der Waals surface area contributed by atoms with E-state index >= 15 is 0 Å². The second kappa shape index (κ2) is 6.17. The summed E-state index contributed by atoms with van der Waals surface area (Å²) in [4.78, 5) is 6.92. The van der Waals surface area contributed by atoms with Crippen molar-refractivity contribution in [1.29, 1.82) is 0 Å². The van der Waals surface area contributed by atoms with Crippen LogP contribution in [0.2, 0.25) is 0 Å². The Balaban J connectivity index is 1.83. The molecule has 2 rings (SSSR count). The van der Waals surface area contributed by atoms with E-state index in [1.807, 2.05) is 6.20 Å². The highest BCUT2D eigenvalue weighted by atomic mass is 15.2. The molecule has 4 nitrogen and oxygen atoms in total. The third kappa shape index (κ3) is 3.30. The third-order valence-electron chi connectivity index (χ3n) is 3.48. The minimum atomic E-state index is 0.622. The molecule has 17 heavy (non-hydrogen) atoms. The fourth-order valence-corrected chi connectivity index (χ4v) is 2.38. The monoisotopic (exact) mass is 236 g/mol. The highest BCUT2D eigenvalue weighted by molar-refractivity contribution is 4.95. The van der Waals surface area contributed by atoms with Crippen molar-refractivity contribution >= 4 is 0 Å². The molecule has 0 radical (unpaired) electrons. The lowest BCUT2D eigenvalue weighted by Crippen LogP contribution is -2.44. The van der Waals surface area contributed by atoms with Crippen LogP contribution in [0.4, 0.5) is 0 Å². The van der Waals surface area contributed by atoms with E-state index in [1.54, 1.807) is 0 Å². The molecular formula is C13H24N4. The molecular weight excluding hydrogens is 212 g/mol. The number of nitrogens with zero attached hydrogens (tertiary/aromatic N) is 3. The molecule has 96 valence electrons. The second-order valence-corrected chi connectivity index (χ2v) is 4.83. The van der Waals surface area contributed by atoms with E-state index in [-0.39, 0.29) is 0 Å². The largest absolute Gasteiger partial charge is 0.333 e. The molecule has 0 aromatic carbocycles. The predicted molar refractivity (Wildman–Crippen MR) is 69.9 cm³/mol. The van der Waals surface area contributed by atoms with Gasteiger partial charge >= 0.3 is 0 Å². The number of hydrogen-bond acceptors (Lipinski definition) is 3. The van der Waals surface area contributed by atoms with Crippen molar-refractivity contribution in [2.45, 2.75) is 45.8 Å². The van der Waals surface area contributed by atoms with Gasteiger partial charge in [-0.15, -0.1) is 0 Å². The van der Waals surface area contributed by atoms with Crippen LogP contribution in [0.25, 0.3) is 0 Å². The normalized spacial score (nSPS) is 18.0. The molecule has 1 aliphatic rings. The topological polar surface area (TPSA) is 33.1 Å². The second-order valence-electron chi connectivity index (χ2n) is 4.83. The Morgan fingerprint density at radius 1 is 1.41 bits per heavy atom. The van der Waals surface area contributed by atoms with Gasteiger partial charge in [0.2, 0.25) is 0 Å². The minimum absolute atomic E-state index is 0.622. The van der Waals surface area contributed by atoms with Crippen molar-refractivity contribution in [3.63, 3.8) is 0 Å². The van der Waals surface area contributed by atoms with Crippen LogP contribution in [-0.2, 0) is 13.1 Å². The van der Waals surface area contributed by atoms with E-state index in [0.717, 1.165) is 32.7 Å². The van der Waals surface area contributed by atoms with E-state index in [2.05, 4.69) is 39.8 Å². The first-order valence-corrected chi connectivity index (χ1v) is 6.79. The summed E-state index contributed by atoms with van der Waals surface area (Å²) in [6, 6.07) is 0.622. The maximum absolute atomic E-state index is 4.40. The zero-order valence-corrected chi connectivity index (χ0v) is 11.0. The molecule has 2 heterocycles. The highest BCUT2D eigenvalue weighted by Gasteiger charge is 2.18. The molecule has 0 aliphatic carbocycles. The van der Waals surface area contributed by atoms with Gasteiger partial charge in [-0.05, 0) is 19.4 Å². The van der Waals surface area contributed by atoms with Crippen molar-refractivity contribution in [2.24, 2.45) is 0 Å². The Kier molecular flexibility index (Phi) is 4.57. The van der Waals surface area contributed by atoms with Gasteiger partial charge in [-0.3, -0.25) is 4.90 Å². The first kappa shape index (κ1) is 12.6. The SMILES string of the molecule is CCCNC(CC)CN1CCn2ccnc2C1. The minimum Gasteiger partial charge on any atom is -0.333 e. The number of aromatic nitrogens is 2. The van der Waals surface area contributed by atoms with Crippen LogP contribution in [0, 0.1) is 0 Å². The lowest BCUT2D eigenvalue weighted by Gasteiger charge is -2.31. The number of rotatable bonds is 6. The van der Waals surface area contributed by atoms with Gasteiger partial charge in [0, 0.05) is 38.1 Å². The van der Waals surface area contributed by atoms with Gasteiger partial charge in [0.15, 0.2) is 0 Å². The van der Waals surface area contributed by atoms with Crippen LogP contribution >= 0.6 is 0 Å². The van der Waals surface area contributed by atoms with Crippen LogP contribution in [0.3, 0.4) is 0 Å². The lowest BCUT2D eigenvalue weighted by atomic mass is 10.2. The Labute approximate surface area is 104 Å². The molecule has 0 amide bonds. The van der Waals surface area contributed by atoms with Crippen molar-refractivity contribution in [1.82, 2.24) is 19.8 Å². The fourth-order valence-electron chi connectivity index (χ4n) is 2.38.